The SMILES string of the molecule is COc1ccc([C@H]2CC(c3ccccc3)=NN2C(=O)CN(C)Cc2nc3ccccc3c(=O)[nH]2)cc1. The molecule has 1 N–H and O–H groups in total. The second kappa shape index (κ2) is 10.1. The number of carbonyl (C=O) groups is 1. The Labute approximate surface area is 208 Å². The fourth-order valence-corrected chi connectivity index (χ4v) is 4.46. The lowest BCUT2D eigenvalue weighted by atomic mass is 9.98. The number of amides is 1. The van der Waals surface area contributed by atoms with Crippen molar-refractivity contribution in [3.8, 4) is 5.75 Å². The van der Waals surface area contributed by atoms with Gasteiger partial charge in [0.05, 0.1) is 42.9 Å². The van der Waals surface area contributed by atoms with E-state index in [0.29, 0.717) is 29.7 Å². The molecule has 36 heavy (non-hydrogen) atoms. The van der Waals surface area contributed by atoms with Crippen molar-refractivity contribution in [2.24, 2.45) is 5.10 Å². The highest BCUT2D eigenvalue weighted by molar-refractivity contribution is 6.03. The Morgan fingerprint density at radius 3 is 2.53 bits per heavy atom. The molecule has 4 aromatic rings. The van der Waals surface area contributed by atoms with Gasteiger partial charge in [-0.25, -0.2) is 9.99 Å². The molecule has 2 heterocycles. The van der Waals surface area contributed by atoms with Crippen molar-refractivity contribution in [3.05, 3.63) is 106 Å². The monoisotopic (exact) mass is 481 g/mol. The van der Waals surface area contributed by atoms with E-state index in [0.717, 1.165) is 22.6 Å². The number of carbonyl (C=O) groups excluding carboxylic acids is 1. The van der Waals surface area contributed by atoms with E-state index >= 15 is 0 Å². The number of ether oxygens (including phenoxy) is 1. The maximum absolute atomic E-state index is 13.5. The smallest absolute Gasteiger partial charge is 0.258 e. The molecular formula is C28H27N5O3. The molecule has 1 aliphatic rings. The number of fused-ring (bicyclic) bond motifs is 1. The van der Waals surface area contributed by atoms with Crippen molar-refractivity contribution in [2.75, 3.05) is 20.7 Å². The summed E-state index contributed by atoms with van der Waals surface area (Å²) in [5.74, 6) is 1.14. The third-order valence-electron chi connectivity index (χ3n) is 6.26. The first-order valence-electron chi connectivity index (χ1n) is 11.8. The van der Waals surface area contributed by atoms with Gasteiger partial charge < -0.3 is 9.72 Å². The number of aromatic amines is 1. The van der Waals surface area contributed by atoms with Crippen LogP contribution in [0.5, 0.6) is 5.75 Å². The van der Waals surface area contributed by atoms with Crippen molar-refractivity contribution >= 4 is 22.5 Å². The summed E-state index contributed by atoms with van der Waals surface area (Å²) in [4.78, 5) is 35.1. The summed E-state index contributed by atoms with van der Waals surface area (Å²) in [6.45, 7) is 0.441. The average Bonchev–Trinajstić information content (AvgIpc) is 3.35. The highest BCUT2D eigenvalue weighted by Crippen LogP contribution is 2.33. The molecule has 0 bridgehead atoms. The van der Waals surface area contributed by atoms with E-state index in [2.05, 4.69) is 9.97 Å². The maximum Gasteiger partial charge on any atom is 0.258 e. The summed E-state index contributed by atoms with van der Waals surface area (Å²) in [6.07, 6.45) is 0.616. The number of para-hydroxylation sites is 1. The molecule has 0 saturated carbocycles. The predicted octanol–water partition coefficient (Wildman–Crippen LogP) is 3.74. The van der Waals surface area contributed by atoms with Gasteiger partial charge in [0.2, 0.25) is 0 Å². The number of H-pyrrole nitrogens is 1. The molecule has 8 nitrogen and oxygen atoms in total. The number of hydrogen-bond donors (Lipinski definition) is 1. The molecule has 1 atom stereocenters. The summed E-state index contributed by atoms with van der Waals surface area (Å²) in [6, 6.07) is 24.6. The number of rotatable bonds is 7. The number of methoxy groups -OCH3 is 1. The van der Waals surface area contributed by atoms with Crippen LogP contribution in [0.25, 0.3) is 10.9 Å². The van der Waals surface area contributed by atoms with Crippen LogP contribution < -0.4 is 10.3 Å². The molecule has 8 heteroatoms. The summed E-state index contributed by atoms with van der Waals surface area (Å²) in [7, 11) is 3.46. The number of likely N-dealkylation sites (N-methyl/N-ethyl adjacent to an activating group) is 1. The minimum absolute atomic E-state index is 0.120. The molecule has 3 aromatic carbocycles. The minimum Gasteiger partial charge on any atom is -0.497 e. The molecule has 182 valence electrons. The van der Waals surface area contributed by atoms with Crippen LogP contribution >= 0.6 is 0 Å². The number of nitrogens with zero attached hydrogens (tertiary/aromatic N) is 4. The quantitative estimate of drug-likeness (QED) is 0.434. The third kappa shape index (κ3) is 4.89. The van der Waals surface area contributed by atoms with Gasteiger partial charge in [0.25, 0.3) is 11.5 Å². The standard InChI is InChI=1S/C28H27N5O3/c1-32(17-26-29-23-11-7-6-10-22(23)28(35)30-26)18-27(34)33-25(20-12-14-21(36-2)15-13-20)16-24(31-33)19-8-4-3-5-9-19/h3-15,25H,16-18H2,1-2H3,(H,29,30,35)/t25-/m1/s1. The highest BCUT2D eigenvalue weighted by atomic mass is 16.5. The number of hydrogen-bond acceptors (Lipinski definition) is 6. The zero-order valence-electron chi connectivity index (χ0n) is 20.2. The van der Waals surface area contributed by atoms with Gasteiger partial charge in [0, 0.05) is 6.42 Å². The van der Waals surface area contributed by atoms with Crippen LogP contribution in [0.4, 0.5) is 0 Å². The van der Waals surface area contributed by atoms with Gasteiger partial charge in [0.15, 0.2) is 0 Å². The van der Waals surface area contributed by atoms with E-state index in [1.165, 1.54) is 0 Å². The first-order valence-corrected chi connectivity index (χ1v) is 11.8. The average molecular weight is 482 g/mol. The van der Waals surface area contributed by atoms with Crippen LogP contribution in [-0.4, -0.2) is 52.2 Å². The maximum atomic E-state index is 13.5. The summed E-state index contributed by atoms with van der Waals surface area (Å²) in [5, 5.41) is 6.87. The van der Waals surface area contributed by atoms with Crippen molar-refractivity contribution in [1.29, 1.82) is 0 Å². The Morgan fingerprint density at radius 2 is 1.78 bits per heavy atom. The Bertz CT molecular complexity index is 1460. The molecule has 0 spiro atoms. The van der Waals surface area contributed by atoms with Gasteiger partial charge in [-0.15, -0.1) is 0 Å². The minimum atomic E-state index is -0.217. The largest absolute Gasteiger partial charge is 0.497 e. The van der Waals surface area contributed by atoms with Crippen molar-refractivity contribution < 1.29 is 9.53 Å². The van der Waals surface area contributed by atoms with Crippen LogP contribution in [0.3, 0.4) is 0 Å². The predicted molar refractivity (Wildman–Crippen MR) is 139 cm³/mol. The fourth-order valence-electron chi connectivity index (χ4n) is 4.46. The topological polar surface area (TPSA) is 90.9 Å². The highest BCUT2D eigenvalue weighted by Gasteiger charge is 2.33. The van der Waals surface area contributed by atoms with Gasteiger partial charge in [-0.3, -0.25) is 14.5 Å². The van der Waals surface area contributed by atoms with Gasteiger partial charge in [0.1, 0.15) is 11.6 Å². The third-order valence-corrected chi connectivity index (χ3v) is 6.26. The lowest BCUT2D eigenvalue weighted by Crippen LogP contribution is -2.36. The van der Waals surface area contributed by atoms with E-state index < -0.39 is 0 Å². The van der Waals surface area contributed by atoms with Crippen LogP contribution in [0.1, 0.15) is 29.4 Å². The first-order chi connectivity index (χ1) is 17.5. The van der Waals surface area contributed by atoms with Crippen LogP contribution in [-0.2, 0) is 11.3 Å². The van der Waals surface area contributed by atoms with E-state index in [-0.39, 0.29) is 24.1 Å². The molecule has 5 rings (SSSR count). The Morgan fingerprint density at radius 1 is 1.06 bits per heavy atom. The lowest BCUT2D eigenvalue weighted by molar-refractivity contribution is -0.134. The molecule has 0 saturated heterocycles. The molecular weight excluding hydrogens is 454 g/mol. The molecule has 1 aromatic heterocycles. The van der Waals surface area contributed by atoms with Crippen LogP contribution in [0, 0.1) is 0 Å². The molecule has 0 radical (unpaired) electrons. The number of benzene rings is 3. The zero-order valence-corrected chi connectivity index (χ0v) is 20.2. The summed E-state index contributed by atoms with van der Waals surface area (Å²) in [5.41, 5.74) is 3.30. The van der Waals surface area contributed by atoms with Gasteiger partial charge in [-0.05, 0) is 42.4 Å². The van der Waals surface area contributed by atoms with Crippen LogP contribution in [0.2, 0.25) is 0 Å². The van der Waals surface area contributed by atoms with Gasteiger partial charge >= 0.3 is 0 Å². The Balaban J connectivity index is 1.36. The van der Waals surface area contributed by atoms with Crippen molar-refractivity contribution in [3.63, 3.8) is 0 Å². The number of nitrogens with one attached hydrogen (secondary N) is 1. The van der Waals surface area contributed by atoms with Gasteiger partial charge in [-0.2, -0.15) is 5.10 Å². The first kappa shape index (κ1) is 23.4. The number of aromatic nitrogens is 2. The summed E-state index contributed by atoms with van der Waals surface area (Å²) >= 11 is 0. The van der Waals surface area contributed by atoms with Crippen molar-refractivity contribution in [1.82, 2.24) is 19.9 Å². The Kier molecular flexibility index (Phi) is 6.60. The number of hydrazone groups is 1. The van der Waals surface area contributed by atoms with E-state index in [1.54, 1.807) is 18.2 Å². The van der Waals surface area contributed by atoms with E-state index in [4.69, 9.17) is 9.84 Å². The van der Waals surface area contributed by atoms with Crippen LogP contribution in [0.15, 0.2) is 88.8 Å². The fraction of sp³-hybridized carbons (Fsp3) is 0.214. The molecule has 0 aliphatic carbocycles. The van der Waals surface area contributed by atoms with E-state index in [9.17, 15) is 9.59 Å². The molecule has 1 amide bonds. The lowest BCUT2D eigenvalue weighted by Gasteiger charge is -2.24. The zero-order chi connectivity index (χ0) is 25.1. The molecule has 0 fully saturated rings. The second-order valence-corrected chi connectivity index (χ2v) is 8.85. The molecule has 0 unspecified atom stereocenters. The summed E-state index contributed by atoms with van der Waals surface area (Å²) < 4.78 is 5.29. The second-order valence-electron chi connectivity index (χ2n) is 8.85. The van der Waals surface area contributed by atoms with E-state index in [1.807, 2.05) is 84.7 Å². The molecule has 1 aliphatic heterocycles. The van der Waals surface area contributed by atoms with Crippen molar-refractivity contribution in [2.45, 2.75) is 19.0 Å². The Hall–Kier alpha value is -4.30. The van der Waals surface area contributed by atoms with Gasteiger partial charge in [-0.1, -0.05) is 54.6 Å². The normalized spacial score (nSPS) is 15.4.